The zero-order valence-corrected chi connectivity index (χ0v) is 23.4. The molecule has 0 spiro atoms. The molecule has 0 radical (unpaired) electrons. The second kappa shape index (κ2) is 15.1. The van der Waals surface area contributed by atoms with Gasteiger partial charge in [-0.3, -0.25) is 0 Å². The van der Waals surface area contributed by atoms with Gasteiger partial charge in [0.15, 0.2) is 0 Å². The van der Waals surface area contributed by atoms with E-state index in [0.717, 1.165) is 23.7 Å². The molecule has 2 rings (SSSR count). The Morgan fingerprint density at radius 1 is 0.758 bits per heavy atom. The Bertz CT molecular complexity index is 491. The van der Waals surface area contributed by atoms with Crippen LogP contribution in [0.15, 0.2) is 0 Å². The lowest BCUT2D eigenvalue weighted by Gasteiger charge is -2.39. The highest BCUT2D eigenvalue weighted by Gasteiger charge is 2.34. The van der Waals surface area contributed by atoms with Gasteiger partial charge in [-0.05, 0) is 92.8 Å². The Morgan fingerprint density at radius 2 is 1.33 bits per heavy atom. The molecule has 196 valence electrons. The fourth-order valence-corrected chi connectivity index (χ4v) is 7.41. The largest absolute Gasteiger partial charge is 0.393 e. The molecule has 6 unspecified atom stereocenters. The summed E-state index contributed by atoms with van der Waals surface area (Å²) in [6.45, 7) is 14.1. The van der Waals surface area contributed by atoms with Gasteiger partial charge >= 0.3 is 0 Å². The monoisotopic (exact) mass is 463 g/mol. The third-order valence-electron chi connectivity index (χ3n) is 10.3. The predicted molar refractivity (Wildman–Crippen MR) is 145 cm³/mol. The molecule has 0 aromatic carbocycles. The van der Waals surface area contributed by atoms with E-state index in [0.29, 0.717) is 23.7 Å². The average Bonchev–Trinajstić information content (AvgIpc) is 2.82. The summed E-state index contributed by atoms with van der Waals surface area (Å²) in [6.07, 6.45) is 20.3. The molecule has 2 aliphatic carbocycles. The maximum absolute atomic E-state index is 11.3. The van der Waals surface area contributed by atoms with E-state index < -0.39 is 0 Å². The molecule has 0 heterocycles. The Hall–Kier alpha value is -0.0800. The minimum absolute atomic E-state index is 0.119. The van der Waals surface area contributed by atoms with Crippen molar-refractivity contribution < 1.29 is 5.11 Å². The lowest BCUT2D eigenvalue weighted by molar-refractivity contribution is 0.00239. The molecule has 0 bridgehead atoms. The SMILES string of the molecule is CCC(CC[C@H](C)CC(C)CCC1CCCCC1)C(C)C(O)C1CCC(C(C)C(C)N)CC1. The quantitative estimate of drug-likeness (QED) is 0.271. The van der Waals surface area contributed by atoms with Crippen molar-refractivity contribution in [1.29, 1.82) is 0 Å². The molecule has 2 nitrogen and oxygen atoms in total. The van der Waals surface area contributed by atoms with Crippen molar-refractivity contribution in [2.45, 2.75) is 150 Å². The van der Waals surface area contributed by atoms with Gasteiger partial charge in [0.1, 0.15) is 0 Å². The molecular weight excluding hydrogens is 402 g/mol. The van der Waals surface area contributed by atoms with E-state index in [2.05, 4.69) is 41.5 Å². The van der Waals surface area contributed by atoms with Crippen LogP contribution in [0, 0.1) is 47.3 Å². The van der Waals surface area contributed by atoms with Gasteiger partial charge in [0, 0.05) is 6.04 Å². The number of hydrogen-bond acceptors (Lipinski definition) is 2. The summed E-state index contributed by atoms with van der Waals surface area (Å²) in [5, 5.41) is 11.3. The summed E-state index contributed by atoms with van der Waals surface area (Å²) in [4.78, 5) is 0. The summed E-state index contributed by atoms with van der Waals surface area (Å²) in [6, 6.07) is 0.289. The van der Waals surface area contributed by atoms with Gasteiger partial charge in [0.25, 0.3) is 0 Å². The van der Waals surface area contributed by atoms with Gasteiger partial charge in [-0.15, -0.1) is 0 Å². The van der Waals surface area contributed by atoms with Crippen molar-refractivity contribution in [3.05, 3.63) is 0 Å². The van der Waals surface area contributed by atoms with Gasteiger partial charge in [0.05, 0.1) is 6.10 Å². The molecule has 0 aromatic heterocycles. The van der Waals surface area contributed by atoms with Crippen LogP contribution in [-0.2, 0) is 0 Å². The Labute approximate surface area is 208 Å². The van der Waals surface area contributed by atoms with Gasteiger partial charge in [-0.25, -0.2) is 0 Å². The lowest BCUT2D eigenvalue weighted by Crippen LogP contribution is -2.37. The molecule has 0 aliphatic heterocycles. The highest BCUT2D eigenvalue weighted by Crippen LogP contribution is 2.39. The zero-order chi connectivity index (χ0) is 24.4. The van der Waals surface area contributed by atoms with E-state index >= 15 is 0 Å². The van der Waals surface area contributed by atoms with Crippen LogP contribution >= 0.6 is 0 Å². The zero-order valence-electron chi connectivity index (χ0n) is 23.4. The van der Waals surface area contributed by atoms with E-state index in [-0.39, 0.29) is 12.1 Å². The number of nitrogens with two attached hydrogens (primary N) is 1. The molecule has 33 heavy (non-hydrogen) atoms. The van der Waals surface area contributed by atoms with E-state index in [1.54, 1.807) is 0 Å². The highest BCUT2D eigenvalue weighted by atomic mass is 16.3. The molecule has 0 amide bonds. The fraction of sp³-hybridized carbons (Fsp3) is 1.00. The van der Waals surface area contributed by atoms with Crippen molar-refractivity contribution >= 4 is 0 Å². The Kier molecular flexibility index (Phi) is 13.4. The smallest absolute Gasteiger partial charge is 0.0596 e. The maximum atomic E-state index is 11.3. The summed E-state index contributed by atoms with van der Waals surface area (Å²) >= 11 is 0. The summed E-state index contributed by atoms with van der Waals surface area (Å²) in [7, 11) is 0. The van der Waals surface area contributed by atoms with Crippen LogP contribution < -0.4 is 5.73 Å². The van der Waals surface area contributed by atoms with Gasteiger partial charge in [0.2, 0.25) is 0 Å². The van der Waals surface area contributed by atoms with Crippen molar-refractivity contribution in [2.24, 2.45) is 53.1 Å². The summed E-state index contributed by atoms with van der Waals surface area (Å²) in [5.41, 5.74) is 6.16. The minimum atomic E-state index is -0.119. The van der Waals surface area contributed by atoms with Crippen LogP contribution in [0.25, 0.3) is 0 Å². The van der Waals surface area contributed by atoms with E-state index in [4.69, 9.17) is 5.73 Å². The van der Waals surface area contributed by atoms with Crippen LogP contribution in [-0.4, -0.2) is 17.3 Å². The normalized spacial score (nSPS) is 29.1. The minimum Gasteiger partial charge on any atom is -0.393 e. The molecule has 3 N–H and O–H groups in total. The first-order valence-corrected chi connectivity index (χ1v) is 15.2. The number of aliphatic hydroxyl groups excluding tert-OH is 1. The van der Waals surface area contributed by atoms with E-state index in [1.807, 2.05) is 0 Å². The van der Waals surface area contributed by atoms with Crippen LogP contribution in [0.2, 0.25) is 0 Å². The van der Waals surface area contributed by atoms with Crippen LogP contribution in [0.1, 0.15) is 138 Å². The second-order valence-electron chi connectivity index (χ2n) is 13.0. The van der Waals surface area contributed by atoms with Crippen LogP contribution in [0.5, 0.6) is 0 Å². The third-order valence-corrected chi connectivity index (χ3v) is 10.3. The molecular formula is C31H61NO. The Balaban J connectivity index is 1.69. The van der Waals surface area contributed by atoms with Crippen molar-refractivity contribution in [2.75, 3.05) is 0 Å². The van der Waals surface area contributed by atoms with Crippen molar-refractivity contribution in [1.82, 2.24) is 0 Å². The Morgan fingerprint density at radius 3 is 1.91 bits per heavy atom. The predicted octanol–water partition coefficient (Wildman–Crippen LogP) is 8.60. The molecule has 0 saturated heterocycles. The summed E-state index contributed by atoms with van der Waals surface area (Å²) < 4.78 is 0. The highest BCUT2D eigenvalue weighted by molar-refractivity contribution is 4.85. The van der Waals surface area contributed by atoms with Crippen molar-refractivity contribution in [3.8, 4) is 0 Å². The van der Waals surface area contributed by atoms with E-state index in [1.165, 1.54) is 96.3 Å². The van der Waals surface area contributed by atoms with Gasteiger partial charge < -0.3 is 10.8 Å². The topological polar surface area (TPSA) is 46.2 Å². The molecule has 7 atom stereocenters. The first kappa shape index (κ1) is 29.2. The first-order valence-electron chi connectivity index (χ1n) is 15.2. The molecule has 2 aliphatic rings. The van der Waals surface area contributed by atoms with Gasteiger partial charge in [-0.2, -0.15) is 0 Å². The standard InChI is InChI=1S/C31H61NO/c1-7-28(16-14-23(3)21-22(2)13-15-27-11-9-8-10-12-27)25(5)31(33)30-19-17-29(18-20-30)24(4)26(6)32/h22-31,33H,7-21,32H2,1-6H3/t22?,23-,24?,25?,26?,28?,29?,30?,31?/m0/s1. The number of hydrogen-bond donors (Lipinski definition) is 2. The van der Waals surface area contributed by atoms with Crippen LogP contribution in [0.3, 0.4) is 0 Å². The average molecular weight is 464 g/mol. The second-order valence-corrected chi connectivity index (χ2v) is 13.0. The molecule has 2 saturated carbocycles. The van der Waals surface area contributed by atoms with E-state index in [9.17, 15) is 5.11 Å². The lowest BCUT2D eigenvalue weighted by atomic mass is 9.69. The molecule has 0 aromatic rings. The molecule has 2 fully saturated rings. The van der Waals surface area contributed by atoms with Crippen LogP contribution in [0.4, 0.5) is 0 Å². The maximum Gasteiger partial charge on any atom is 0.0596 e. The number of aliphatic hydroxyl groups is 1. The van der Waals surface area contributed by atoms with Gasteiger partial charge in [-0.1, -0.05) is 92.4 Å². The number of rotatable bonds is 14. The first-order chi connectivity index (χ1) is 15.7. The summed E-state index contributed by atoms with van der Waals surface area (Å²) in [5.74, 6) is 5.68. The third kappa shape index (κ3) is 9.83. The fourth-order valence-electron chi connectivity index (χ4n) is 7.41. The molecule has 2 heteroatoms. The van der Waals surface area contributed by atoms with Crippen molar-refractivity contribution in [3.63, 3.8) is 0 Å².